The number of hydrogen-bond acceptors (Lipinski definition) is 3. The molecule has 0 saturated carbocycles. The highest BCUT2D eigenvalue weighted by Crippen LogP contribution is 2.29. The zero-order valence-electron chi connectivity index (χ0n) is 9.86. The molecule has 0 bridgehead atoms. The monoisotopic (exact) mass is 223 g/mol. The molecular weight excluding hydrogens is 206 g/mol. The lowest BCUT2D eigenvalue weighted by Crippen LogP contribution is -2.20. The SMILES string of the molecule is Cc1cccc(CC(C)(C)CO)c1[N+](=O)[O-]. The molecule has 16 heavy (non-hydrogen) atoms. The van der Waals surface area contributed by atoms with E-state index in [9.17, 15) is 15.2 Å². The van der Waals surface area contributed by atoms with E-state index in [1.165, 1.54) is 0 Å². The Kier molecular flexibility index (Phi) is 3.65. The molecule has 1 aromatic rings. The van der Waals surface area contributed by atoms with Gasteiger partial charge >= 0.3 is 0 Å². The van der Waals surface area contributed by atoms with Crippen molar-refractivity contribution in [2.45, 2.75) is 27.2 Å². The van der Waals surface area contributed by atoms with Gasteiger partial charge in [0.1, 0.15) is 0 Å². The van der Waals surface area contributed by atoms with Crippen LogP contribution in [0.4, 0.5) is 5.69 Å². The molecule has 0 fully saturated rings. The lowest BCUT2D eigenvalue weighted by atomic mass is 9.85. The van der Waals surface area contributed by atoms with Crippen LogP contribution >= 0.6 is 0 Å². The smallest absolute Gasteiger partial charge is 0.275 e. The Morgan fingerprint density at radius 2 is 2.06 bits per heavy atom. The van der Waals surface area contributed by atoms with Gasteiger partial charge in [-0.3, -0.25) is 10.1 Å². The van der Waals surface area contributed by atoms with Crippen molar-refractivity contribution >= 4 is 5.69 Å². The molecule has 0 aliphatic heterocycles. The molecule has 88 valence electrons. The summed E-state index contributed by atoms with van der Waals surface area (Å²) in [7, 11) is 0. The summed E-state index contributed by atoms with van der Waals surface area (Å²) in [5, 5.41) is 20.1. The quantitative estimate of drug-likeness (QED) is 0.630. The first-order valence-corrected chi connectivity index (χ1v) is 5.21. The minimum Gasteiger partial charge on any atom is -0.396 e. The van der Waals surface area contributed by atoms with Crippen LogP contribution in [0.3, 0.4) is 0 Å². The highest BCUT2D eigenvalue weighted by molar-refractivity contribution is 5.47. The number of para-hydroxylation sites is 1. The Labute approximate surface area is 95.1 Å². The summed E-state index contributed by atoms with van der Waals surface area (Å²) in [5.74, 6) is 0. The van der Waals surface area contributed by atoms with E-state index >= 15 is 0 Å². The van der Waals surface area contributed by atoms with Gasteiger partial charge in [0, 0.05) is 17.7 Å². The molecule has 0 heterocycles. The van der Waals surface area contributed by atoms with Crippen LogP contribution < -0.4 is 0 Å². The Hall–Kier alpha value is -1.42. The van der Waals surface area contributed by atoms with E-state index in [-0.39, 0.29) is 22.6 Å². The van der Waals surface area contributed by atoms with Gasteiger partial charge in [-0.05, 0) is 18.8 Å². The number of aliphatic hydroxyl groups is 1. The number of hydrogen-bond donors (Lipinski definition) is 1. The van der Waals surface area contributed by atoms with Crippen molar-refractivity contribution in [1.29, 1.82) is 0 Å². The minimum absolute atomic E-state index is 0.0120. The van der Waals surface area contributed by atoms with Gasteiger partial charge in [0.05, 0.1) is 4.92 Å². The average Bonchev–Trinajstić information content (AvgIpc) is 2.16. The molecule has 0 unspecified atom stereocenters. The average molecular weight is 223 g/mol. The zero-order valence-corrected chi connectivity index (χ0v) is 9.86. The van der Waals surface area contributed by atoms with Crippen LogP contribution in [0.25, 0.3) is 0 Å². The second-order valence-electron chi connectivity index (χ2n) is 4.84. The maximum absolute atomic E-state index is 11.0. The van der Waals surface area contributed by atoms with Crippen LogP contribution in [0, 0.1) is 22.5 Å². The van der Waals surface area contributed by atoms with Crippen molar-refractivity contribution in [3.63, 3.8) is 0 Å². The minimum atomic E-state index is -0.349. The van der Waals surface area contributed by atoms with E-state index in [1.807, 2.05) is 19.9 Å². The lowest BCUT2D eigenvalue weighted by Gasteiger charge is -2.21. The van der Waals surface area contributed by atoms with Gasteiger partial charge in [0.2, 0.25) is 0 Å². The third-order valence-electron chi connectivity index (χ3n) is 2.60. The van der Waals surface area contributed by atoms with Gasteiger partial charge in [-0.15, -0.1) is 0 Å². The molecule has 1 N–H and O–H groups in total. The fourth-order valence-corrected chi connectivity index (χ4v) is 1.70. The first-order valence-electron chi connectivity index (χ1n) is 5.21. The second kappa shape index (κ2) is 4.61. The molecule has 0 aromatic heterocycles. The number of nitro groups is 1. The summed E-state index contributed by atoms with van der Waals surface area (Å²) in [6.07, 6.45) is 0.501. The molecule has 0 spiro atoms. The van der Waals surface area contributed by atoms with E-state index in [1.54, 1.807) is 19.1 Å². The van der Waals surface area contributed by atoms with Gasteiger partial charge in [0.25, 0.3) is 5.69 Å². The topological polar surface area (TPSA) is 63.4 Å². The molecule has 1 aromatic carbocycles. The third kappa shape index (κ3) is 2.79. The lowest BCUT2D eigenvalue weighted by molar-refractivity contribution is -0.386. The maximum Gasteiger partial charge on any atom is 0.275 e. The summed E-state index contributed by atoms with van der Waals surface area (Å²) in [6.45, 7) is 5.52. The van der Waals surface area contributed by atoms with Crippen molar-refractivity contribution in [3.05, 3.63) is 39.4 Å². The van der Waals surface area contributed by atoms with Crippen LogP contribution in [0.5, 0.6) is 0 Å². The van der Waals surface area contributed by atoms with Crippen LogP contribution in [-0.4, -0.2) is 16.6 Å². The van der Waals surface area contributed by atoms with E-state index < -0.39 is 0 Å². The van der Waals surface area contributed by atoms with Crippen molar-refractivity contribution in [2.75, 3.05) is 6.61 Å². The van der Waals surface area contributed by atoms with Crippen molar-refractivity contribution in [3.8, 4) is 0 Å². The predicted molar refractivity (Wildman–Crippen MR) is 62.4 cm³/mol. The fourth-order valence-electron chi connectivity index (χ4n) is 1.70. The summed E-state index contributed by atoms with van der Waals surface area (Å²) >= 11 is 0. The number of aliphatic hydroxyl groups excluding tert-OH is 1. The fraction of sp³-hybridized carbons (Fsp3) is 0.500. The van der Waals surface area contributed by atoms with Crippen LogP contribution in [-0.2, 0) is 6.42 Å². The number of rotatable bonds is 4. The predicted octanol–water partition coefficient (Wildman–Crippen LogP) is 2.46. The number of nitro benzene ring substituents is 1. The van der Waals surface area contributed by atoms with Crippen LogP contribution in [0.1, 0.15) is 25.0 Å². The molecule has 0 radical (unpaired) electrons. The van der Waals surface area contributed by atoms with Crippen molar-refractivity contribution in [2.24, 2.45) is 5.41 Å². The number of aryl methyl sites for hydroxylation is 1. The summed E-state index contributed by atoms with van der Waals surface area (Å²) in [4.78, 5) is 10.6. The highest BCUT2D eigenvalue weighted by atomic mass is 16.6. The molecule has 4 heteroatoms. The van der Waals surface area contributed by atoms with Gasteiger partial charge in [0.15, 0.2) is 0 Å². The maximum atomic E-state index is 11.0. The number of benzene rings is 1. The molecule has 0 amide bonds. The van der Waals surface area contributed by atoms with Gasteiger partial charge in [-0.1, -0.05) is 32.0 Å². The van der Waals surface area contributed by atoms with Crippen molar-refractivity contribution in [1.82, 2.24) is 0 Å². The Morgan fingerprint density at radius 1 is 1.44 bits per heavy atom. The summed E-state index contributed by atoms with van der Waals surface area (Å²) < 4.78 is 0. The molecule has 0 aliphatic rings. The summed E-state index contributed by atoms with van der Waals surface area (Å²) in [5.41, 5.74) is 1.18. The molecule has 0 aliphatic carbocycles. The number of nitrogens with zero attached hydrogens (tertiary/aromatic N) is 1. The van der Waals surface area contributed by atoms with E-state index in [0.29, 0.717) is 17.5 Å². The third-order valence-corrected chi connectivity index (χ3v) is 2.60. The van der Waals surface area contributed by atoms with Gasteiger partial charge in [-0.2, -0.15) is 0 Å². The summed E-state index contributed by atoms with van der Waals surface area (Å²) in [6, 6.07) is 5.29. The Morgan fingerprint density at radius 3 is 2.56 bits per heavy atom. The highest BCUT2D eigenvalue weighted by Gasteiger charge is 2.24. The largest absolute Gasteiger partial charge is 0.396 e. The van der Waals surface area contributed by atoms with Crippen molar-refractivity contribution < 1.29 is 10.0 Å². The molecule has 4 nitrogen and oxygen atoms in total. The molecule has 1 rings (SSSR count). The molecular formula is C12H17NO3. The second-order valence-corrected chi connectivity index (χ2v) is 4.84. The van der Waals surface area contributed by atoms with Gasteiger partial charge in [-0.25, -0.2) is 0 Å². The normalized spacial score (nSPS) is 11.5. The molecule has 0 saturated heterocycles. The first kappa shape index (κ1) is 12.6. The van der Waals surface area contributed by atoms with Crippen LogP contribution in [0.15, 0.2) is 18.2 Å². The van der Waals surface area contributed by atoms with E-state index in [0.717, 1.165) is 0 Å². The van der Waals surface area contributed by atoms with Crippen LogP contribution in [0.2, 0.25) is 0 Å². The molecule has 0 atom stereocenters. The Bertz CT molecular complexity index is 399. The van der Waals surface area contributed by atoms with E-state index in [4.69, 9.17) is 0 Å². The Balaban J connectivity index is 3.14. The first-order chi connectivity index (χ1) is 7.37. The zero-order chi connectivity index (χ0) is 12.3. The van der Waals surface area contributed by atoms with E-state index in [2.05, 4.69) is 0 Å². The van der Waals surface area contributed by atoms with Gasteiger partial charge < -0.3 is 5.11 Å². The standard InChI is InChI=1S/C12H17NO3/c1-9-5-4-6-10(11(9)13(15)16)7-12(2,3)8-14/h4-6,14H,7-8H2,1-3H3.